The van der Waals surface area contributed by atoms with Crippen molar-refractivity contribution in [1.29, 1.82) is 0 Å². The van der Waals surface area contributed by atoms with Crippen LogP contribution in [0.15, 0.2) is 18.2 Å². The van der Waals surface area contributed by atoms with Gasteiger partial charge in [0, 0.05) is 0 Å². The SMILES string of the molecule is O=C(O)C1(Cn2nnnc2-c2c(Cl)cccc2Cl)CC1. The summed E-state index contributed by atoms with van der Waals surface area (Å²) >= 11 is 12.3. The molecule has 2 aromatic rings. The maximum absolute atomic E-state index is 11.3. The van der Waals surface area contributed by atoms with Gasteiger partial charge in [-0.05, 0) is 35.4 Å². The molecule has 0 spiro atoms. The molecule has 8 heteroatoms. The number of tetrazole rings is 1. The maximum atomic E-state index is 11.3. The fraction of sp³-hybridized carbons (Fsp3) is 0.333. The Morgan fingerprint density at radius 3 is 2.55 bits per heavy atom. The van der Waals surface area contributed by atoms with Gasteiger partial charge in [-0.1, -0.05) is 29.3 Å². The number of carboxylic acid groups (broad SMARTS) is 1. The summed E-state index contributed by atoms with van der Waals surface area (Å²) in [5, 5.41) is 21.5. The van der Waals surface area contributed by atoms with E-state index >= 15 is 0 Å². The molecule has 1 heterocycles. The molecule has 3 rings (SSSR count). The lowest BCUT2D eigenvalue weighted by molar-refractivity contribution is -0.144. The van der Waals surface area contributed by atoms with E-state index in [4.69, 9.17) is 23.2 Å². The Bertz CT molecular complexity index is 662. The van der Waals surface area contributed by atoms with Gasteiger partial charge in [0.25, 0.3) is 0 Å². The fourth-order valence-electron chi connectivity index (χ4n) is 2.08. The smallest absolute Gasteiger partial charge is 0.311 e. The van der Waals surface area contributed by atoms with Crippen LogP contribution in [0.2, 0.25) is 10.0 Å². The van der Waals surface area contributed by atoms with Crippen LogP contribution in [0.5, 0.6) is 0 Å². The van der Waals surface area contributed by atoms with Gasteiger partial charge in [0.15, 0.2) is 5.82 Å². The van der Waals surface area contributed by atoms with Crippen LogP contribution >= 0.6 is 23.2 Å². The second-order valence-corrected chi connectivity index (χ2v) is 5.66. The van der Waals surface area contributed by atoms with Crippen molar-refractivity contribution in [2.45, 2.75) is 19.4 Å². The van der Waals surface area contributed by atoms with Gasteiger partial charge in [-0.25, -0.2) is 4.68 Å². The normalized spacial score (nSPS) is 16.1. The molecule has 0 aliphatic heterocycles. The van der Waals surface area contributed by atoms with Gasteiger partial charge in [0.05, 0.1) is 27.6 Å². The van der Waals surface area contributed by atoms with Gasteiger partial charge in [0.1, 0.15) is 0 Å². The van der Waals surface area contributed by atoms with Crippen LogP contribution in [-0.2, 0) is 11.3 Å². The van der Waals surface area contributed by atoms with Crippen LogP contribution in [0.4, 0.5) is 0 Å². The molecule has 0 amide bonds. The van der Waals surface area contributed by atoms with Crippen LogP contribution in [0.25, 0.3) is 11.4 Å². The number of hydrogen-bond acceptors (Lipinski definition) is 4. The first-order valence-electron chi connectivity index (χ1n) is 5.97. The first-order valence-corrected chi connectivity index (χ1v) is 6.73. The molecule has 20 heavy (non-hydrogen) atoms. The molecule has 0 saturated heterocycles. The van der Waals surface area contributed by atoms with Gasteiger partial charge >= 0.3 is 5.97 Å². The molecule has 0 radical (unpaired) electrons. The van der Waals surface area contributed by atoms with E-state index < -0.39 is 11.4 Å². The lowest BCUT2D eigenvalue weighted by Gasteiger charge is -2.12. The van der Waals surface area contributed by atoms with Crippen LogP contribution < -0.4 is 0 Å². The van der Waals surface area contributed by atoms with Crippen molar-refractivity contribution in [2.75, 3.05) is 0 Å². The van der Waals surface area contributed by atoms with Gasteiger partial charge in [-0.15, -0.1) is 5.10 Å². The Morgan fingerprint density at radius 1 is 1.35 bits per heavy atom. The molecule has 0 atom stereocenters. The number of aromatic nitrogens is 4. The Morgan fingerprint density at radius 2 is 2.00 bits per heavy atom. The second-order valence-electron chi connectivity index (χ2n) is 4.84. The maximum Gasteiger partial charge on any atom is 0.311 e. The van der Waals surface area contributed by atoms with Crippen molar-refractivity contribution < 1.29 is 9.90 Å². The predicted molar refractivity (Wildman–Crippen MR) is 72.6 cm³/mol. The number of hydrogen-bond donors (Lipinski definition) is 1. The average molecular weight is 313 g/mol. The van der Waals surface area contributed by atoms with Crippen LogP contribution in [-0.4, -0.2) is 31.3 Å². The number of nitrogens with zero attached hydrogens (tertiary/aromatic N) is 4. The fourth-order valence-corrected chi connectivity index (χ4v) is 2.65. The number of aliphatic carboxylic acids is 1. The van der Waals surface area contributed by atoms with Crippen LogP contribution in [0.1, 0.15) is 12.8 Å². The first-order chi connectivity index (χ1) is 9.53. The lowest BCUT2D eigenvalue weighted by Crippen LogP contribution is -2.22. The highest BCUT2D eigenvalue weighted by Crippen LogP contribution is 2.48. The zero-order valence-corrected chi connectivity index (χ0v) is 11.8. The predicted octanol–water partition coefficient (Wildman–Crippen LogP) is 2.51. The summed E-state index contributed by atoms with van der Waals surface area (Å²) in [4.78, 5) is 11.3. The third-order valence-corrected chi connectivity index (χ3v) is 4.11. The number of carbonyl (C=O) groups is 1. The molecule has 104 valence electrons. The minimum absolute atomic E-state index is 0.215. The number of carboxylic acids is 1. The van der Waals surface area contributed by atoms with Crippen molar-refractivity contribution in [3.63, 3.8) is 0 Å². The second kappa shape index (κ2) is 4.71. The van der Waals surface area contributed by atoms with E-state index in [-0.39, 0.29) is 6.54 Å². The highest BCUT2D eigenvalue weighted by Gasteiger charge is 2.51. The highest BCUT2D eigenvalue weighted by atomic mass is 35.5. The quantitative estimate of drug-likeness (QED) is 0.938. The van der Waals surface area contributed by atoms with Crippen LogP contribution in [0, 0.1) is 5.41 Å². The van der Waals surface area contributed by atoms with E-state index in [1.807, 2.05) is 0 Å². The molecule has 1 saturated carbocycles. The minimum atomic E-state index is -0.829. The molecule has 1 aliphatic rings. The van der Waals surface area contributed by atoms with E-state index in [0.29, 0.717) is 34.3 Å². The topological polar surface area (TPSA) is 80.9 Å². The van der Waals surface area contributed by atoms with Gasteiger partial charge < -0.3 is 5.11 Å². The van der Waals surface area contributed by atoms with Crippen molar-refractivity contribution in [3.05, 3.63) is 28.2 Å². The van der Waals surface area contributed by atoms with Crippen molar-refractivity contribution in [2.24, 2.45) is 5.41 Å². The zero-order valence-electron chi connectivity index (χ0n) is 10.3. The number of benzene rings is 1. The molecule has 6 nitrogen and oxygen atoms in total. The average Bonchev–Trinajstić information content (AvgIpc) is 3.04. The van der Waals surface area contributed by atoms with E-state index in [1.165, 1.54) is 4.68 Å². The number of halogens is 2. The molecule has 1 aromatic heterocycles. The summed E-state index contributed by atoms with van der Waals surface area (Å²) < 4.78 is 1.45. The summed E-state index contributed by atoms with van der Waals surface area (Å²) in [6.45, 7) is 0.215. The Labute approximate surface area is 124 Å². The summed E-state index contributed by atoms with van der Waals surface area (Å²) in [5.74, 6) is -0.447. The molecule has 1 N–H and O–H groups in total. The molecule has 1 aromatic carbocycles. The lowest BCUT2D eigenvalue weighted by atomic mass is 10.1. The Kier molecular flexibility index (Phi) is 3.14. The van der Waals surface area contributed by atoms with Crippen molar-refractivity contribution in [3.8, 4) is 11.4 Å². The largest absolute Gasteiger partial charge is 0.481 e. The monoisotopic (exact) mass is 312 g/mol. The van der Waals surface area contributed by atoms with E-state index in [2.05, 4.69) is 15.5 Å². The summed E-state index contributed by atoms with van der Waals surface area (Å²) in [7, 11) is 0. The van der Waals surface area contributed by atoms with Crippen molar-refractivity contribution >= 4 is 29.2 Å². The Hall–Kier alpha value is -1.66. The Balaban J connectivity index is 2.01. The standard InChI is InChI=1S/C12H10Cl2N4O2/c13-7-2-1-3-8(14)9(7)10-15-16-17-18(10)6-12(4-5-12)11(19)20/h1-3H,4-6H2,(H,19,20). The summed E-state index contributed by atoms with van der Waals surface area (Å²) in [6.07, 6.45) is 1.25. The van der Waals surface area contributed by atoms with E-state index in [1.54, 1.807) is 18.2 Å². The first kappa shape index (κ1) is 13.3. The van der Waals surface area contributed by atoms with Crippen LogP contribution in [0.3, 0.4) is 0 Å². The number of rotatable bonds is 4. The summed E-state index contributed by atoms with van der Waals surface area (Å²) in [5.41, 5.74) is -0.250. The molecular weight excluding hydrogens is 303 g/mol. The third kappa shape index (κ3) is 2.14. The molecule has 0 unspecified atom stereocenters. The highest BCUT2D eigenvalue weighted by molar-refractivity contribution is 6.38. The molecule has 1 aliphatic carbocycles. The van der Waals surface area contributed by atoms with Gasteiger partial charge in [-0.3, -0.25) is 4.79 Å². The molecule has 0 bridgehead atoms. The third-order valence-electron chi connectivity index (χ3n) is 3.48. The van der Waals surface area contributed by atoms with Gasteiger partial charge in [0.2, 0.25) is 0 Å². The summed E-state index contributed by atoms with van der Waals surface area (Å²) in [6, 6.07) is 5.10. The molecular formula is C12H10Cl2N4O2. The molecule has 1 fully saturated rings. The van der Waals surface area contributed by atoms with E-state index in [9.17, 15) is 9.90 Å². The minimum Gasteiger partial charge on any atom is -0.481 e. The van der Waals surface area contributed by atoms with Gasteiger partial charge in [-0.2, -0.15) is 0 Å². The zero-order chi connectivity index (χ0) is 14.3. The van der Waals surface area contributed by atoms with E-state index in [0.717, 1.165) is 0 Å². The van der Waals surface area contributed by atoms with Crippen molar-refractivity contribution in [1.82, 2.24) is 20.2 Å².